The molecule has 1 aromatic rings. The summed E-state index contributed by atoms with van der Waals surface area (Å²) < 4.78 is 26.9. The van der Waals surface area contributed by atoms with Crippen molar-refractivity contribution in [1.82, 2.24) is 5.32 Å². The molecule has 6 heteroatoms. The number of hydrogen-bond donors (Lipinski definition) is 1. The highest BCUT2D eigenvalue weighted by Gasteiger charge is 2.28. The van der Waals surface area contributed by atoms with E-state index in [-0.39, 0.29) is 24.1 Å². The van der Waals surface area contributed by atoms with Gasteiger partial charge in [-0.3, -0.25) is 9.10 Å². The zero-order valence-electron chi connectivity index (χ0n) is 14.0. The third kappa shape index (κ3) is 4.09. The lowest BCUT2D eigenvalue weighted by atomic mass is 9.95. The molecular formula is C18H26N2O3S. The SMILES string of the molecule is O=C(CCS(=O)(=O)N1CCCc2ccccc21)NC1CCCCC1. The van der Waals surface area contributed by atoms with Gasteiger partial charge in [0.05, 0.1) is 11.4 Å². The Labute approximate surface area is 144 Å². The molecule has 132 valence electrons. The van der Waals surface area contributed by atoms with Crippen molar-refractivity contribution >= 4 is 21.6 Å². The zero-order valence-corrected chi connectivity index (χ0v) is 14.9. The Bertz CT molecular complexity index is 681. The van der Waals surface area contributed by atoms with E-state index in [0.717, 1.165) is 49.8 Å². The van der Waals surface area contributed by atoms with Crippen molar-refractivity contribution in [2.75, 3.05) is 16.6 Å². The molecule has 2 aliphatic rings. The van der Waals surface area contributed by atoms with Gasteiger partial charge in [0, 0.05) is 19.0 Å². The van der Waals surface area contributed by atoms with Crippen LogP contribution in [0.2, 0.25) is 0 Å². The first kappa shape index (κ1) is 17.3. The number of anilines is 1. The van der Waals surface area contributed by atoms with Crippen molar-refractivity contribution < 1.29 is 13.2 Å². The van der Waals surface area contributed by atoms with Crippen molar-refractivity contribution in [1.29, 1.82) is 0 Å². The fourth-order valence-electron chi connectivity index (χ4n) is 3.67. The van der Waals surface area contributed by atoms with E-state index in [1.807, 2.05) is 24.3 Å². The summed E-state index contributed by atoms with van der Waals surface area (Å²) >= 11 is 0. The Balaban J connectivity index is 1.59. The molecule has 0 aromatic heterocycles. The van der Waals surface area contributed by atoms with Gasteiger partial charge >= 0.3 is 0 Å². The number of benzene rings is 1. The zero-order chi connectivity index (χ0) is 17.0. The number of nitrogens with one attached hydrogen (secondary N) is 1. The number of para-hydroxylation sites is 1. The summed E-state index contributed by atoms with van der Waals surface area (Å²) in [6.45, 7) is 0.504. The van der Waals surface area contributed by atoms with Crippen LogP contribution in [0.15, 0.2) is 24.3 Å². The summed E-state index contributed by atoms with van der Waals surface area (Å²) in [5.74, 6) is -0.268. The van der Waals surface area contributed by atoms with Gasteiger partial charge in [0.2, 0.25) is 15.9 Å². The number of carbonyl (C=O) groups is 1. The molecule has 0 unspecified atom stereocenters. The number of nitrogens with zero attached hydrogens (tertiary/aromatic N) is 1. The van der Waals surface area contributed by atoms with Gasteiger partial charge in [0.25, 0.3) is 0 Å². The minimum absolute atomic E-state index is 0.0392. The smallest absolute Gasteiger partial charge is 0.235 e. The van der Waals surface area contributed by atoms with Crippen LogP contribution in [-0.2, 0) is 21.2 Å². The van der Waals surface area contributed by atoms with E-state index < -0.39 is 10.0 Å². The van der Waals surface area contributed by atoms with Crippen LogP contribution in [0.5, 0.6) is 0 Å². The topological polar surface area (TPSA) is 66.5 Å². The second kappa shape index (κ2) is 7.55. The van der Waals surface area contributed by atoms with E-state index in [1.165, 1.54) is 10.7 Å². The molecule has 1 aliphatic carbocycles. The molecular weight excluding hydrogens is 324 g/mol. The normalized spacial score (nSPS) is 18.9. The van der Waals surface area contributed by atoms with Crippen molar-refractivity contribution in [3.63, 3.8) is 0 Å². The van der Waals surface area contributed by atoms with Crippen LogP contribution in [-0.4, -0.2) is 32.7 Å². The quantitative estimate of drug-likeness (QED) is 0.888. The van der Waals surface area contributed by atoms with Gasteiger partial charge in [0.15, 0.2) is 0 Å². The molecule has 1 aromatic carbocycles. The summed E-state index contributed by atoms with van der Waals surface area (Å²) in [6, 6.07) is 7.86. The fraction of sp³-hybridized carbons (Fsp3) is 0.611. The Morgan fingerprint density at radius 3 is 2.67 bits per heavy atom. The number of fused-ring (bicyclic) bond motifs is 1. The van der Waals surface area contributed by atoms with Crippen LogP contribution in [0.1, 0.15) is 50.5 Å². The van der Waals surface area contributed by atoms with Crippen LogP contribution >= 0.6 is 0 Å². The number of amides is 1. The summed E-state index contributed by atoms with van der Waals surface area (Å²) in [6.07, 6.45) is 7.32. The van der Waals surface area contributed by atoms with Crippen LogP contribution in [0.3, 0.4) is 0 Å². The van der Waals surface area contributed by atoms with Crippen molar-refractivity contribution in [3.05, 3.63) is 29.8 Å². The number of aryl methyl sites for hydroxylation is 1. The highest BCUT2D eigenvalue weighted by atomic mass is 32.2. The van der Waals surface area contributed by atoms with E-state index in [0.29, 0.717) is 6.54 Å². The maximum Gasteiger partial charge on any atom is 0.235 e. The van der Waals surface area contributed by atoms with Gasteiger partial charge < -0.3 is 5.32 Å². The lowest BCUT2D eigenvalue weighted by Gasteiger charge is -2.30. The summed E-state index contributed by atoms with van der Waals surface area (Å²) in [7, 11) is -3.46. The summed E-state index contributed by atoms with van der Waals surface area (Å²) in [5.41, 5.74) is 1.84. The Morgan fingerprint density at radius 1 is 1.12 bits per heavy atom. The first-order valence-corrected chi connectivity index (χ1v) is 10.5. The third-order valence-electron chi connectivity index (χ3n) is 4.96. The van der Waals surface area contributed by atoms with E-state index in [4.69, 9.17) is 0 Å². The molecule has 1 saturated carbocycles. The van der Waals surface area contributed by atoms with Crippen LogP contribution in [0, 0.1) is 0 Å². The molecule has 1 N–H and O–H groups in total. The lowest BCUT2D eigenvalue weighted by Crippen LogP contribution is -2.40. The van der Waals surface area contributed by atoms with Crippen LogP contribution in [0.4, 0.5) is 5.69 Å². The molecule has 0 radical (unpaired) electrons. The molecule has 0 spiro atoms. The van der Waals surface area contributed by atoms with Crippen molar-refractivity contribution in [2.45, 2.75) is 57.4 Å². The Morgan fingerprint density at radius 2 is 1.88 bits per heavy atom. The monoisotopic (exact) mass is 350 g/mol. The van der Waals surface area contributed by atoms with Crippen LogP contribution in [0.25, 0.3) is 0 Å². The largest absolute Gasteiger partial charge is 0.353 e. The Hall–Kier alpha value is -1.56. The third-order valence-corrected chi connectivity index (χ3v) is 6.73. The van der Waals surface area contributed by atoms with E-state index >= 15 is 0 Å². The molecule has 3 rings (SSSR count). The second-order valence-corrected chi connectivity index (χ2v) is 8.79. The summed E-state index contributed by atoms with van der Waals surface area (Å²) in [4.78, 5) is 12.1. The van der Waals surface area contributed by atoms with Crippen molar-refractivity contribution in [2.24, 2.45) is 0 Å². The van der Waals surface area contributed by atoms with Gasteiger partial charge in [-0.05, 0) is 37.3 Å². The minimum atomic E-state index is -3.46. The molecule has 0 bridgehead atoms. The fourth-order valence-corrected chi connectivity index (χ4v) is 5.22. The highest BCUT2D eigenvalue weighted by molar-refractivity contribution is 7.92. The van der Waals surface area contributed by atoms with Gasteiger partial charge in [-0.25, -0.2) is 8.42 Å². The van der Waals surface area contributed by atoms with Gasteiger partial charge in [-0.1, -0.05) is 37.5 Å². The maximum absolute atomic E-state index is 12.7. The second-order valence-electron chi connectivity index (χ2n) is 6.77. The molecule has 0 atom stereocenters. The molecule has 1 amide bonds. The number of sulfonamides is 1. The predicted molar refractivity (Wildman–Crippen MR) is 95.5 cm³/mol. The minimum Gasteiger partial charge on any atom is -0.353 e. The maximum atomic E-state index is 12.7. The molecule has 1 fully saturated rings. The number of hydrogen-bond acceptors (Lipinski definition) is 3. The van der Waals surface area contributed by atoms with Crippen LogP contribution < -0.4 is 9.62 Å². The Kier molecular flexibility index (Phi) is 5.43. The summed E-state index contributed by atoms with van der Waals surface area (Å²) in [5, 5.41) is 2.99. The standard InChI is InChI=1S/C18H26N2O3S/c21-18(19-16-9-2-1-3-10-16)12-14-24(22,23)20-13-6-8-15-7-4-5-11-17(15)20/h4-5,7,11,16H,1-3,6,8-10,12-14H2,(H,19,21). The molecule has 5 nitrogen and oxygen atoms in total. The first-order valence-electron chi connectivity index (χ1n) is 8.94. The molecule has 1 aliphatic heterocycles. The average Bonchev–Trinajstić information content (AvgIpc) is 2.60. The van der Waals surface area contributed by atoms with Crippen molar-refractivity contribution in [3.8, 4) is 0 Å². The van der Waals surface area contributed by atoms with Gasteiger partial charge in [-0.15, -0.1) is 0 Å². The predicted octanol–water partition coefficient (Wildman–Crippen LogP) is 2.61. The van der Waals surface area contributed by atoms with Gasteiger partial charge in [-0.2, -0.15) is 0 Å². The van der Waals surface area contributed by atoms with E-state index in [9.17, 15) is 13.2 Å². The number of rotatable bonds is 5. The van der Waals surface area contributed by atoms with E-state index in [1.54, 1.807) is 0 Å². The molecule has 1 heterocycles. The lowest BCUT2D eigenvalue weighted by molar-refractivity contribution is -0.121. The average molecular weight is 350 g/mol. The number of carbonyl (C=O) groups excluding carboxylic acids is 1. The van der Waals surface area contributed by atoms with Gasteiger partial charge in [0.1, 0.15) is 0 Å². The first-order chi connectivity index (χ1) is 11.6. The molecule has 24 heavy (non-hydrogen) atoms. The highest BCUT2D eigenvalue weighted by Crippen LogP contribution is 2.29. The van der Waals surface area contributed by atoms with E-state index in [2.05, 4.69) is 5.32 Å². The molecule has 0 saturated heterocycles.